The predicted octanol–water partition coefficient (Wildman–Crippen LogP) is 4.67. The molecule has 0 spiro atoms. The highest BCUT2D eigenvalue weighted by Crippen LogP contribution is 2.53. The molecular formula is C32H29N3O8S2. The molecule has 0 aliphatic carbocycles. The molecule has 0 radical (unpaired) electrons. The van der Waals surface area contributed by atoms with Crippen LogP contribution < -0.4 is 34.0 Å². The maximum absolute atomic E-state index is 14.0. The molecule has 4 aromatic rings. The van der Waals surface area contributed by atoms with Crippen LogP contribution >= 0.6 is 23.1 Å². The van der Waals surface area contributed by atoms with E-state index in [-0.39, 0.29) is 29.2 Å². The minimum Gasteiger partial charge on any atom is -0.497 e. The highest BCUT2D eigenvalue weighted by Gasteiger charge is 2.56. The first-order valence-electron chi connectivity index (χ1n) is 14.1. The van der Waals surface area contributed by atoms with Gasteiger partial charge in [0.15, 0.2) is 18.1 Å². The largest absolute Gasteiger partial charge is 0.497 e. The van der Waals surface area contributed by atoms with E-state index in [2.05, 4.69) is 10.3 Å². The van der Waals surface area contributed by atoms with Crippen LogP contribution in [0.5, 0.6) is 23.0 Å². The van der Waals surface area contributed by atoms with Crippen molar-refractivity contribution in [2.75, 3.05) is 37.7 Å². The number of carbonyl (C=O) groups excluding carboxylic acids is 3. The van der Waals surface area contributed by atoms with Gasteiger partial charge in [-0.2, -0.15) is 0 Å². The summed E-state index contributed by atoms with van der Waals surface area (Å²) in [5, 5.41) is 2.61. The Hall–Kier alpha value is -4.75. The van der Waals surface area contributed by atoms with Crippen LogP contribution in [0.25, 0.3) is 0 Å². The molecule has 45 heavy (non-hydrogen) atoms. The summed E-state index contributed by atoms with van der Waals surface area (Å²) < 4.78 is 22.1. The van der Waals surface area contributed by atoms with Crippen LogP contribution in [0.4, 0.5) is 11.4 Å². The number of thiazole rings is 1. The van der Waals surface area contributed by atoms with Crippen LogP contribution in [-0.2, 0) is 14.4 Å². The van der Waals surface area contributed by atoms with Gasteiger partial charge in [-0.05, 0) is 73.2 Å². The lowest BCUT2D eigenvalue weighted by Gasteiger charge is -2.30. The number of rotatable bonds is 10. The van der Waals surface area contributed by atoms with Crippen LogP contribution in [0, 0.1) is 5.92 Å². The number of fused-ring (bicyclic) bond motifs is 2. The van der Waals surface area contributed by atoms with Crippen molar-refractivity contribution >= 4 is 52.2 Å². The molecular weight excluding hydrogens is 618 g/mol. The Labute approximate surface area is 266 Å². The van der Waals surface area contributed by atoms with Crippen molar-refractivity contribution in [3.05, 3.63) is 86.8 Å². The summed E-state index contributed by atoms with van der Waals surface area (Å²) in [6, 6.07) is 18.9. The second-order valence-electron chi connectivity index (χ2n) is 10.2. The van der Waals surface area contributed by atoms with Crippen molar-refractivity contribution in [1.82, 2.24) is 4.98 Å². The second-order valence-corrected chi connectivity index (χ2v) is 12.3. The number of ether oxygens (including phenoxy) is 4. The summed E-state index contributed by atoms with van der Waals surface area (Å²) >= 11 is 2.23. The highest BCUT2D eigenvalue weighted by atomic mass is 32.2. The molecule has 13 heteroatoms. The van der Waals surface area contributed by atoms with Crippen molar-refractivity contribution in [2.45, 2.75) is 23.1 Å². The zero-order chi connectivity index (χ0) is 31.7. The van der Waals surface area contributed by atoms with E-state index >= 15 is 0 Å². The van der Waals surface area contributed by atoms with Crippen LogP contribution in [0.3, 0.4) is 0 Å². The summed E-state index contributed by atoms with van der Waals surface area (Å²) in [5.41, 5.74) is 1.72. The monoisotopic (exact) mass is 647 g/mol. The molecule has 11 nitrogen and oxygen atoms in total. The second kappa shape index (κ2) is 12.7. The molecule has 0 bridgehead atoms. The maximum Gasteiger partial charge on any atom is 0.305 e. The zero-order valence-electron chi connectivity index (χ0n) is 24.5. The quantitative estimate of drug-likeness (QED) is 0.236. The topological polar surface area (TPSA) is 136 Å². The standard InChI is InChI=1S/C32H29N3O8S2/c1-4-42-23-15-17(5-14-22(23)43-16-24(36)33-18-6-10-20(40-2)11-7-18)25-26-28(44-29-27(25)45-32(39)34-29)31(38)35(30(26)37)19-8-12-21(41-3)13-9-19/h5-15,25-26,28H,4,16H2,1-3H3,(H,33,36)(H,34,39). The normalized spacial score (nSPS) is 18.6. The van der Waals surface area contributed by atoms with Gasteiger partial charge in [-0.1, -0.05) is 29.2 Å². The fourth-order valence-corrected chi connectivity index (χ4v) is 8.00. The summed E-state index contributed by atoms with van der Waals surface area (Å²) in [4.78, 5) is 57.3. The number of anilines is 2. The van der Waals surface area contributed by atoms with E-state index in [9.17, 15) is 19.2 Å². The number of carbonyl (C=O) groups is 3. The van der Waals surface area contributed by atoms with E-state index in [1.54, 1.807) is 80.9 Å². The first-order chi connectivity index (χ1) is 21.8. The van der Waals surface area contributed by atoms with E-state index in [4.69, 9.17) is 18.9 Å². The third-order valence-electron chi connectivity index (χ3n) is 7.51. The van der Waals surface area contributed by atoms with Crippen molar-refractivity contribution in [2.24, 2.45) is 5.92 Å². The molecule has 1 fully saturated rings. The average Bonchev–Trinajstić information content (AvgIpc) is 3.54. The fraction of sp³-hybridized carbons (Fsp3) is 0.250. The number of imide groups is 1. The Bertz CT molecular complexity index is 1800. The molecule has 3 heterocycles. The number of thioether (sulfide) groups is 1. The minimum absolute atomic E-state index is 0.266. The average molecular weight is 648 g/mol. The third-order valence-corrected chi connectivity index (χ3v) is 9.91. The number of amides is 3. The fourth-order valence-electron chi connectivity index (χ4n) is 5.48. The maximum atomic E-state index is 14.0. The predicted molar refractivity (Wildman–Crippen MR) is 170 cm³/mol. The molecule has 2 N–H and O–H groups in total. The molecule has 3 atom stereocenters. The summed E-state index contributed by atoms with van der Waals surface area (Å²) in [6.45, 7) is 1.86. The third kappa shape index (κ3) is 5.88. The van der Waals surface area contributed by atoms with Gasteiger partial charge in [0, 0.05) is 16.5 Å². The molecule has 3 amide bonds. The first-order valence-corrected chi connectivity index (χ1v) is 15.8. The molecule has 3 aromatic carbocycles. The summed E-state index contributed by atoms with van der Waals surface area (Å²) in [6.07, 6.45) is 0. The van der Waals surface area contributed by atoms with Gasteiger partial charge < -0.3 is 29.2 Å². The van der Waals surface area contributed by atoms with Crippen LogP contribution in [-0.4, -0.2) is 55.4 Å². The van der Waals surface area contributed by atoms with E-state index in [1.165, 1.54) is 16.7 Å². The van der Waals surface area contributed by atoms with E-state index in [1.807, 2.05) is 6.92 Å². The smallest absolute Gasteiger partial charge is 0.305 e. The number of nitrogens with zero attached hydrogens (tertiary/aromatic N) is 1. The highest BCUT2D eigenvalue weighted by molar-refractivity contribution is 8.00. The van der Waals surface area contributed by atoms with E-state index < -0.39 is 17.1 Å². The van der Waals surface area contributed by atoms with Gasteiger partial charge >= 0.3 is 4.87 Å². The Morgan fingerprint density at radius 1 is 0.889 bits per heavy atom. The van der Waals surface area contributed by atoms with Crippen LogP contribution in [0.15, 0.2) is 76.6 Å². The van der Waals surface area contributed by atoms with E-state index in [0.717, 1.165) is 11.3 Å². The number of hydrogen-bond acceptors (Lipinski definition) is 10. The van der Waals surface area contributed by atoms with Crippen molar-refractivity contribution in [1.29, 1.82) is 0 Å². The molecule has 3 unspecified atom stereocenters. The molecule has 2 aliphatic heterocycles. The first kappa shape index (κ1) is 30.3. The van der Waals surface area contributed by atoms with Crippen molar-refractivity contribution in [3.63, 3.8) is 0 Å². The molecule has 6 rings (SSSR count). The summed E-state index contributed by atoms with van der Waals surface area (Å²) in [5.74, 6) is -0.450. The zero-order valence-corrected chi connectivity index (χ0v) is 26.2. The van der Waals surface area contributed by atoms with Gasteiger partial charge in [0.25, 0.3) is 5.91 Å². The van der Waals surface area contributed by atoms with Crippen molar-refractivity contribution in [3.8, 4) is 23.0 Å². The number of H-pyrrole nitrogens is 1. The van der Waals surface area contributed by atoms with Crippen molar-refractivity contribution < 1.29 is 33.3 Å². The Balaban J connectivity index is 1.28. The lowest BCUT2D eigenvalue weighted by molar-refractivity contribution is -0.122. The Morgan fingerprint density at radius 3 is 2.24 bits per heavy atom. The van der Waals surface area contributed by atoms with Crippen LogP contribution in [0.1, 0.15) is 23.3 Å². The van der Waals surface area contributed by atoms with Gasteiger partial charge in [-0.3, -0.25) is 19.2 Å². The Morgan fingerprint density at radius 2 is 1.58 bits per heavy atom. The molecule has 1 saturated heterocycles. The molecule has 1 aromatic heterocycles. The molecule has 0 saturated carbocycles. The number of hydrogen-bond donors (Lipinski definition) is 2. The lowest BCUT2D eigenvalue weighted by atomic mass is 9.83. The number of aromatic nitrogens is 1. The SMILES string of the molecule is CCOc1cc(C2c3sc(=O)[nH]c3SC3C(=O)N(c4ccc(OC)cc4)C(=O)C32)ccc1OCC(=O)Nc1ccc(OC)cc1. The van der Waals surface area contributed by atoms with Gasteiger partial charge in [0.05, 0.1) is 37.5 Å². The molecule has 2 aliphatic rings. The lowest BCUT2D eigenvalue weighted by Crippen LogP contribution is -2.32. The van der Waals surface area contributed by atoms with Gasteiger partial charge in [-0.15, -0.1) is 0 Å². The minimum atomic E-state index is -0.764. The number of nitrogens with one attached hydrogen (secondary N) is 2. The van der Waals surface area contributed by atoms with Gasteiger partial charge in [0.2, 0.25) is 11.8 Å². The Kier molecular flexibility index (Phi) is 8.55. The summed E-state index contributed by atoms with van der Waals surface area (Å²) in [7, 11) is 3.11. The van der Waals surface area contributed by atoms with Crippen LogP contribution in [0.2, 0.25) is 0 Å². The number of benzene rings is 3. The number of methoxy groups -OCH3 is 2. The van der Waals surface area contributed by atoms with Gasteiger partial charge in [0.1, 0.15) is 16.7 Å². The van der Waals surface area contributed by atoms with Gasteiger partial charge in [-0.25, -0.2) is 4.90 Å². The molecule has 232 valence electrons. The van der Waals surface area contributed by atoms with E-state index in [0.29, 0.717) is 56.4 Å². The number of aromatic amines is 1.